The van der Waals surface area contributed by atoms with Crippen LogP contribution in [-0.2, 0) is 9.53 Å². The van der Waals surface area contributed by atoms with Crippen molar-refractivity contribution < 1.29 is 28.2 Å². The Kier molecular flexibility index (Phi) is 9.34. The quantitative estimate of drug-likeness (QED) is 0.369. The molecule has 2 N–H and O–H groups in total. The topological polar surface area (TPSA) is 127 Å². The van der Waals surface area contributed by atoms with Gasteiger partial charge in [0.1, 0.15) is 17.9 Å². The molecular weight excluding hydrogens is 584 g/mol. The molecule has 0 radical (unpaired) electrons. The third kappa shape index (κ3) is 7.14. The summed E-state index contributed by atoms with van der Waals surface area (Å²) in [6.45, 7) is 6.09. The molecule has 3 aromatic rings. The fourth-order valence-corrected chi connectivity index (χ4v) is 5.79. The largest absolute Gasteiger partial charge is 0.489 e. The van der Waals surface area contributed by atoms with Crippen LogP contribution in [0.3, 0.4) is 0 Å². The number of halogens is 2. The van der Waals surface area contributed by atoms with Gasteiger partial charge in [-0.25, -0.2) is 18.7 Å². The molecule has 0 aliphatic carbocycles. The molecule has 0 spiro atoms. The Morgan fingerprint density at radius 2 is 1.78 bits per heavy atom. The SMILES string of the molecule is N#Cc1cc(-c2ccnc(Nc3ccc(N4CCN(C5COC5)CC4)cc3)n2)ccc1OC1CCN(C(=O)[C@H](O)C(F)F)CC1. The first-order chi connectivity index (χ1) is 21.9. The summed E-state index contributed by atoms with van der Waals surface area (Å²) in [7, 11) is 0. The third-order valence-electron chi connectivity index (χ3n) is 8.53. The number of piperazine rings is 1. The summed E-state index contributed by atoms with van der Waals surface area (Å²) in [4.78, 5) is 27.1. The second-order valence-corrected chi connectivity index (χ2v) is 11.4. The highest BCUT2D eigenvalue weighted by Crippen LogP contribution is 2.29. The minimum Gasteiger partial charge on any atom is -0.489 e. The normalized spacial score (nSPS) is 18.7. The van der Waals surface area contributed by atoms with Crippen molar-refractivity contribution in [1.82, 2.24) is 19.8 Å². The van der Waals surface area contributed by atoms with E-state index in [2.05, 4.69) is 43.3 Å². The zero-order valence-corrected chi connectivity index (χ0v) is 24.7. The van der Waals surface area contributed by atoms with E-state index in [-0.39, 0.29) is 19.2 Å². The summed E-state index contributed by atoms with van der Waals surface area (Å²) in [6.07, 6.45) is -3.30. The van der Waals surface area contributed by atoms with E-state index in [0.29, 0.717) is 47.4 Å². The van der Waals surface area contributed by atoms with E-state index < -0.39 is 18.4 Å². The Hall–Kier alpha value is -4.38. The van der Waals surface area contributed by atoms with E-state index in [1.165, 1.54) is 10.6 Å². The summed E-state index contributed by atoms with van der Waals surface area (Å²) in [6, 6.07) is 18.0. The van der Waals surface area contributed by atoms with E-state index in [4.69, 9.17) is 9.47 Å². The first-order valence-electron chi connectivity index (χ1n) is 15.1. The van der Waals surface area contributed by atoms with Gasteiger partial charge in [0, 0.05) is 75.2 Å². The van der Waals surface area contributed by atoms with Gasteiger partial charge >= 0.3 is 0 Å². The third-order valence-corrected chi connectivity index (χ3v) is 8.53. The molecule has 1 atom stereocenters. The first kappa shape index (κ1) is 30.6. The van der Waals surface area contributed by atoms with Crippen LogP contribution in [0, 0.1) is 11.3 Å². The van der Waals surface area contributed by atoms with Crippen LogP contribution in [0.15, 0.2) is 54.7 Å². The van der Waals surface area contributed by atoms with Gasteiger partial charge in [-0.05, 0) is 48.5 Å². The van der Waals surface area contributed by atoms with Gasteiger partial charge in [0.25, 0.3) is 12.3 Å². The minimum absolute atomic E-state index is 0.181. The molecule has 0 saturated carbocycles. The van der Waals surface area contributed by atoms with Crippen molar-refractivity contribution in [1.29, 1.82) is 5.26 Å². The van der Waals surface area contributed by atoms with Crippen LogP contribution in [0.4, 0.5) is 26.1 Å². The van der Waals surface area contributed by atoms with Gasteiger partial charge < -0.3 is 29.7 Å². The number of ether oxygens (including phenoxy) is 2. The standard InChI is InChI=1S/C32H35F2N7O4/c33-30(34)29(42)31(43)41-11-8-26(9-12-41)45-28-6-1-21(17-22(28)18-35)27-7-10-36-32(38-27)37-23-2-4-24(5-3-23)39-13-15-40(16-14-39)25-19-44-20-25/h1-7,10,17,25-26,29-30,42H,8-9,11-16,19-20H2,(H,36,37,38)/t29-/m1/s1. The number of aromatic nitrogens is 2. The zero-order valence-electron chi connectivity index (χ0n) is 24.7. The molecule has 11 nitrogen and oxygen atoms in total. The lowest BCUT2D eigenvalue weighted by Gasteiger charge is -2.43. The van der Waals surface area contributed by atoms with E-state index >= 15 is 0 Å². The van der Waals surface area contributed by atoms with Gasteiger partial charge in [-0.3, -0.25) is 9.69 Å². The van der Waals surface area contributed by atoms with Gasteiger partial charge in [-0.1, -0.05) is 0 Å². The van der Waals surface area contributed by atoms with Crippen molar-refractivity contribution in [2.45, 2.75) is 37.5 Å². The zero-order chi connectivity index (χ0) is 31.3. The number of nitrogens with zero attached hydrogens (tertiary/aromatic N) is 6. The number of hydrogen-bond acceptors (Lipinski definition) is 10. The maximum Gasteiger partial charge on any atom is 0.273 e. The molecule has 3 fully saturated rings. The second-order valence-electron chi connectivity index (χ2n) is 11.4. The summed E-state index contributed by atoms with van der Waals surface area (Å²) < 4.78 is 36.8. The predicted molar refractivity (Wildman–Crippen MR) is 163 cm³/mol. The van der Waals surface area contributed by atoms with E-state index in [1.54, 1.807) is 24.4 Å². The van der Waals surface area contributed by atoms with Crippen LogP contribution in [0.25, 0.3) is 11.3 Å². The molecular formula is C32H35F2N7O4. The molecule has 3 saturated heterocycles. The summed E-state index contributed by atoms with van der Waals surface area (Å²) >= 11 is 0. The molecule has 3 aliphatic heterocycles. The Morgan fingerprint density at radius 3 is 2.42 bits per heavy atom. The van der Waals surface area contributed by atoms with Crippen molar-refractivity contribution in [3.63, 3.8) is 0 Å². The van der Waals surface area contributed by atoms with Gasteiger partial charge in [0.05, 0.1) is 30.5 Å². The molecule has 2 aromatic carbocycles. The number of carbonyl (C=O) groups excluding carboxylic acids is 1. The lowest BCUT2D eigenvalue weighted by atomic mass is 10.1. The minimum atomic E-state index is -3.12. The smallest absolute Gasteiger partial charge is 0.273 e. The van der Waals surface area contributed by atoms with Crippen LogP contribution in [0.1, 0.15) is 18.4 Å². The number of aliphatic hydroxyl groups excluding tert-OH is 1. The molecule has 3 aliphatic rings. The summed E-state index contributed by atoms with van der Waals surface area (Å²) in [5.74, 6) is -0.163. The van der Waals surface area contributed by atoms with Crippen LogP contribution in [0.2, 0.25) is 0 Å². The number of aliphatic hydroxyl groups is 1. The maximum absolute atomic E-state index is 12.7. The molecule has 13 heteroatoms. The molecule has 6 rings (SSSR count). The van der Waals surface area contributed by atoms with Crippen LogP contribution >= 0.6 is 0 Å². The number of anilines is 3. The van der Waals surface area contributed by atoms with Crippen molar-refractivity contribution in [3.05, 3.63) is 60.3 Å². The molecule has 1 aromatic heterocycles. The van der Waals surface area contributed by atoms with Crippen LogP contribution < -0.4 is 15.0 Å². The van der Waals surface area contributed by atoms with Crippen LogP contribution in [-0.4, -0.2) is 108 Å². The van der Waals surface area contributed by atoms with Gasteiger partial charge in [0.2, 0.25) is 5.95 Å². The number of nitrogens with one attached hydrogen (secondary N) is 1. The van der Waals surface area contributed by atoms with Crippen molar-refractivity contribution in [2.75, 3.05) is 62.7 Å². The number of benzene rings is 2. The Labute approximate surface area is 260 Å². The van der Waals surface area contributed by atoms with Crippen molar-refractivity contribution in [3.8, 4) is 23.1 Å². The number of rotatable bonds is 9. The lowest BCUT2D eigenvalue weighted by molar-refractivity contribution is -0.150. The number of likely N-dealkylation sites (tertiary alicyclic amines) is 1. The second kappa shape index (κ2) is 13.7. The highest BCUT2D eigenvalue weighted by atomic mass is 19.3. The molecule has 0 unspecified atom stereocenters. The predicted octanol–water partition coefficient (Wildman–Crippen LogP) is 3.28. The molecule has 4 heterocycles. The average molecular weight is 620 g/mol. The number of hydrogen-bond donors (Lipinski definition) is 2. The average Bonchev–Trinajstić information content (AvgIpc) is 3.04. The summed E-state index contributed by atoms with van der Waals surface area (Å²) in [5.41, 5.74) is 3.71. The van der Waals surface area contributed by atoms with Gasteiger partial charge in [-0.15, -0.1) is 0 Å². The highest BCUT2D eigenvalue weighted by molar-refractivity contribution is 5.81. The number of alkyl halides is 2. The van der Waals surface area contributed by atoms with E-state index in [9.17, 15) is 23.9 Å². The molecule has 236 valence electrons. The Morgan fingerprint density at radius 1 is 1.04 bits per heavy atom. The molecule has 45 heavy (non-hydrogen) atoms. The fraction of sp³-hybridized carbons (Fsp3) is 0.438. The Balaban J connectivity index is 1.05. The number of nitriles is 1. The highest BCUT2D eigenvalue weighted by Gasteiger charge is 2.33. The number of carbonyl (C=O) groups is 1. The lowest BCUT2D eigenvalue weighted by Crippen LogP contribution is -2.56. The fourth-order valence-electron chi connectivity index (χ4n) is 5.79. The molecule has 1 amide bonds. The van der Waals surface area contributed by atoms with E-state index in [0.717, 1.165) is 45.1 Å². The summed E-state index contributed by atoms with van der Waals surface area (Å²) in [5, 5.41) is 22.5. The van der Waals surface area contributed by atoms with E-state index in [1.807, 2.05) is 18.2 Å². The number of amides is 1. The van der Waals surface area contributed by atoms with Crippen LogP contribution in [0.5, 0.6) is 5.75 Å². The number of piperidine rings is 1. The van der Waals surface area contributed by atoms with Gasteiger partial charge in [0.15, 0.2) is 6.10 Å². The first-order valence-corrected chi connectivity index (χ1v) is 15.1. The monoisotopic (exact) mass is 619 g/mol. The van der Waals surface area contributed by atoms with Crippen molar-refractivity contribution in [2.24, 2.45) is 0 Å². The molecule has 0 bridgehead atoms. The Bertz CT molecular complexity index is 1520. The maximum atomic E-state index is 12.7. The van der Waals surface area contributed by atoms with Crippen molar-refractivity contribution >= 4 is 23.2 Å². The van der Waals surface area contributed by atoms with Gasteiger partial charge in [-0.2, -0.15) is 5.26 Å².